The zero-order chi connectivity index (χ0) is 29.9. The molecule has 6 aromatic carbocycles. The third-order valence-corrected chi connectivity index (χ3v) is 7.53. The van der Waals surface area contributed by atoms with Gasteiger partial charge >= 0.3 is 0 Å². The number of fused-ring (bicyclic) bond motifs is 2. The number of nitrogens with one attached hydrogen (secondary N) is 4. The Morgan fingerprint density at radius 2 is 0.477 bits per heavy atom. The first kappa shape index (κ1) is 26.7. The molecule has 0 aromatic heterocycles. The molecule has 0 radical (unpaired) electrons. The van der Waals surface area contributed by atoms with Crippen molar-refractivity contribution in [1.82, 2.24) is 0 Å². The number of para-hydroxylation sites is 4. The first-order valence-electron chi connectivity index (χ1n) is 14.4. The molecule has 0 atom stereocenters. The van der Waals surface area contributed by atoms with Crippen molar-refractivity contribution in [1.29, 1.82) is 0 Å². The van der Waals surface area contributed by atoms with Gasteiger partial charge in [0.15, 0.2) is 11.6 Å². The number of benzene rings is 6. The fourth-order valence-electron chi connectivity index (χ4n) is 5.52. The van der Waals surface area contributed by atoms with E-state index in [0.29, 0.717) is 45.0 Å². The van der Waals surface area contributed by atoms with Gasteiger partial charge in [0.1, 0.15) is 0 Å². The summed E-state index contributed by atoms with van der Waals surface area (Å²) in [6.45, 7) is 0. The Morgan fingerprint density at radius 1 is 0.273 bits per heavy atom. The molecule has 0 saturated carbocycles. The Balaban J connectivity index is 1.43. The monoisotopic (exact) mass is 572 g/mol. The molecule has 6 heteroatoms. The Hall–Kier alpha value is -6.14. The molecule has 0 fully saturated rings. The minimum atomic E-state index is -0.250. The quantitative estimate of drug-likeness (QED) is 0.145. The highest BCUT2D eigenvalue weighted by Crippen LogP contribution is 2.44. The van der Waals surface area contributed by atoms with Gasteiger partial charge < -0.3 is 21.3 Å². The average molecular weight is 573 g/mol. The summed E-state index contributed by atoms with van der Waals surface area (Å²) in [7, 11) is 0. The lowest BCUT2D eigenvalue weighted by Crippen LogP contribution is -2.25. The number of rotatable bonds is 8. The van der Waals surface area contributed by atoms with Gasteiger partial charge in [-0.25, -0.2) is 0 Å². The van der Waals surface area contributed by atoms with Crippen molar-refractivity contribution in [2.75, 3.05) is 21.3 Å². The maximum absolute atomic E-state index is 14.8. The molecule has 6 aromatic rings. The zero-order valence-electron chi connectivity index (χ0n) is 23.7. The molecule has 0 unspecified atom stereocenters. The Labute approximate surface area is 255 Å². The largest absolute Gasteiger partial charge is 0.355 e. The van der Waals surface area contributed by atoms with Gasteiger partial charge in [0.2, 0.25) is 0 Å². The summed E-state index contributed by atoms with van der Waals surface area (Å²) >= 11 is 0. The standard InChI is InChI=1S/C38H28N4O2/c43-37-33-29(39-25-13-5-1-6-14-25)21-22-30(40-26-15-7-2-8-16-26)34(33)38(44)36-32(42-28-19-11-4-12-20-28)24-23-31(35(36)37)41-27-17-9-3-10-18-27/h1-24,39-42H. The number of anilines is 8. The second-order valence-electron chi connectivity index (χ2n) is 10.4. The highest BCUT2D eigenvalue weighted by Gasteiger charge is 2.38. The Kier molecular flexibility index (Phi) is 7.06. The predicted octanol–water partition coefficient (Wildman–Crippen LogP) is 9.44. The number of carbonyl (C=O) groups excluding carboxylic acids is 2. The van der Waals surface area contributed by atoms with Crippen molar-refractivity contribution in [3.63, 3.8) is 0 Å². The van der Waals surface area contributed by atoms with Crippen LogP contribution in [0.15, 0.2) is 146 Å². The molecule has 6 nitrogen and oxygen atoms in total. The SMILES string of the molecule is O=C1c2c(Nc3ccccc3)ccc(Nc3ccccc3)c2C(=O)c2c(Nc3ccccc3)ccc(Nc3ccccc3)c21. The molecule has 44 heavy (non-hydrogen) atoms. The van der Waals surface area contributed by atoms with Crippen LogP contribution in [0.5, 0.6) is 0 Å². The molecule has 0 saturated heterocycles. The van der Waals surface area contributed by atoms with Crippen LogP contribution in [-0.2, 0) is 0 Å². The topological polar surface area (TPSA) is 82.3 Å². The van der Waals surface area contributed by atoms with Gasteiger partial charge in [0.05, 0.1) is 45.0 Å². The normalized spacial score (nSPS) is 11.7. The fourth-order valence-corrected chi connectivity index (χ4v) is 5.52. The summed E-state index contributed by atoms with van der Waals surface area (Å²) in [6.07, 6.45) is 0. The molecule has 0 bridgehead atoms. The highest BCUT2D eigenvalue weighted by molar-refractivity contribution is 6.35. The Bertz CT molecular complexity index is 1690. The second kappa shape index (κ2) is 11.6. The van der Waals surface area contributed by atoms with Crippen LogP contribution in [0.2, 0.25) is 0 Å². The van der Waals surface area contributed by atoms with Crippen molar-refractivity contribution in [2.24, 2.45) is 0 Å². The van der Waals surface area contributed by atoms with E-state index in [1.807, 2.05) is 146 Å². The molecular weight excluding hydrogens is 544 g/mol. The lowest BCUT2D eigenvalue weighted by molar-refractivity contribution is 0.0981. The van der Waals surface area contributed by atoms with Gasteiger partial charge in [0, 0.05) is 22.7 Å². The van der Waals surface area contributed by atoms with Gasteiger partial charge in [-0.15, -0.1) is 0 Å². The first-order chi connectivity index (χ1) is 21.7. The van der Waals surface area contributed by atoms with Crippen LogP contribution in [-0.4, -0.2) is 11.6 Å². The van der Waals surface area contributed by atoms with Crippen LogP contribution >= 0.6 is 0 Å². The van der Waals surface area contributed by atoms with Crippen LogP contribution in [0.25, 0.3) is 0 Å². The zero-order valence-corrected chi connectivity index (χ0v) is 23.7. The van der Waals surface area contributed by atoms with E-state index in [-0.39, 0.29) is 11.6 Å². The number of carbonyl (C=O) groups is 2. The van der Waals surface area contributed by atoms with Gasteiger partial charge in [-0.05, 0) is 72.8 Å². The summed E-state index contributed by atoms with van der Waals surface area (Å²) in [6, 6.07) is 45.9. The minimum absolute atomic E-state index is 0.250. The van der Waals surface area contributed by atoms with Crippen LogP contribution < -0.4 is 21.3 Å². The maximum Gasteiger partial charge on any atom is 0.198 e. The molecule has 1 aliphatic carbocycles. The fraction of sp³-hybridized carbons (Fsp3) is 0. The third kappa shape index (κ3) is 5.16. The highest BCUT2D eigenvalue weighted by atomic mass is 16.1. The van der Waals surface area contributed by atoms with Crippen molar-refractivity contribution >= 4 is 57.1 Å². The van der Waals surface area contributed by atoms with Crippen molar-refractivity contribution in [2.45, 2.75) is 0 Å². The van der Waals surface area contributed by atoms with Gasteiger partial charge in [-0.3, -0.25) is 9.59 Å². The molecule has 0 amide bonds. The summed E-state index contributed by atoms with van der Waals surface area (Å²) in [5.74, 6) is -0.500. The summed E-state index contributed by atoms with van der Waals surface area (Å²) in [5, 5.41) is 13.6. The van der Waals surface area contributed by atoms with Crippen LogP contribution in [0.4, 0.5) is 45.5 Å². The smallest absolute Gasteiger partial charge is 0.198 e. The van der Waals surface area contributed by atoms with Gasteiger partial charge in [-0.1, -0.05) is 72.8 Å². The molecule has 0 heterocycles. The number of hydrogen-bond acceptors (Lipinski definition) is 6. The minimum Gasteiger partial charge on any atom is -0.355 e. The summed E-state index contributed by atoms with van der Waals surface area (Å²) < 4.78 is 0. The van der Waals surface area contributed by atoms with Crippen molar-refractivity contribution in [3.05, 3.63) is 168 Å². The van der Waals surface area contributed by atoms with Crippen molar-refractivity contribution < 1.29 is 9.59 Å². The molecular formula is C38H28N4O2. The lowest BCUT2D eigenvalue weighted by atomic mass is 9.80. The van der Waals surface area contributed by atoms with Crippen LogP contribution in [0, 0.1) is 0 Å². The van der Waals surface area contributed by atoms with E-state index in [9.17, 15) is 9.59 Å². The van der Waals surface area contributed by atoms with Gasteiger partial charge in [-0.2, -0.15) is 0 Å². The van der Waals surface area contributed by atoms with E-state index < -0.39 is 0 Å². The summed E-state index contributed by atoms with van der Waals surface area (Å²) in [4.78, 5) is 29.6. The first-order valence-corrected chi connectivity index (χ1v) is 14.4. The number of ketones is 2. The number of hydrogen-bond donors (Lipinski definition) is 4. The van der Waals surface area contributed by atoms with Crippen LogP contribution in [0.1, 0.15) is 31.8 Å². The second-order valence-corrected chi connectivity index (χ2v) is 10.4. The predicted molar refractivity (Wildman–Crippen MR) is 179 cm³/mol. The maximum atomic E-state index is 14.8. The lowest BCUT2D eigenvalue weighted by Gasteiger charge is -2.27. The molecule has 4 N–H and O–H groups in total. The van der Waals surface area contributed by atoms with E-state index >= 15 is 0 Å². The van der Waals surface area contributed by atoms with E-state index in [4.69, 9.17) is 0 Å². The molecule has 212 valence electrons. The molecule has 0 aliphatic heterocycles. The molecule has 7 rings (SSSR count). The molecule has 1 aliphatic rings. The third-order valence-electron chi connectivity index (χ3n) is 7.53. The van der Waals surface area contributed by atoms with E-state index in [1.54, 1.807) is 0 Å². The van der Waals surface area contributed by atoms with Crippen LogP contribution in [0.3, 0.4) is 0 Å². The molecule has 0 spiro atoms. The van der Waals surface area contributed by atoms with E-state index in [1.165, 1.54) is 0 Å². The average Bonchev–Trinajstić information content (AvgIpc) is 3.06. The van der Waals surface area contributed by atoms with Gasteiger partial charge in [0.25, 0.3) is 0 Å². The Morgan fingerprint density at radius 3 is 0.682 bits per heavy atom. The van der Waals surface area contributed by atoms with E-state index in [2.05, 4.69) is 21.3 Å². The van der Waals surface area contributed by atoms with E-state index in [0.717, 1.165) is 22.7 Å². The summed E-state index contributed by atoms with van der Waals surface area (Å²) in [5.41, 5.74) is 6.75. The van der Waals surface area contributed by atoms with Crippen molar-refractivity contribution in [3.8, 4) is 0 Å².